The number of ether oxygens (including phenoxy) is 1. The molecule has 2 aromatic carbocycles. The van der Waals surface area contributed by atoms with E-state index in [1.165, 1.54) is 0 Å². The minimum absolute atomic E-state index is 0.122. The number of halogens is 3. The van der Waals surface area contributed by atoms with E-state index in [4.69, 9.17) is 4.74 Å². The second-order valence-corrected chi connectivity index (χ2v) is 7.33. The summed E-state index contributed by atoms with van der Waals surface area (Å²) >= 11 is 10.4. The van der Waals surface area contributed by atoms with E-state index in [1.807, 2.05) is 36.4 Å². The van der Waals surface area contributed by atoms with Crippen LogP contribution in [-0.4, -0.2) is 13.0 Å². The standard InChI is InChI=1S/C16H10Br3NO2/c1-22-10-2-3-13(18)8(4-10)5-12-11-6-9(17)7-14(19)15(11)20-16(12)21/h2-7H,1H3,(H,20,21)/b12-5+. The zero-order chi connectivity index (χ0) is 15.9. The molecule has 2 aromatic rings. The summed E-state index contributed by atoms with van der Waals surface area (Å²) in [6.07, 6.45) is 1.85. The molecule has 1 aliphatic heterocycles. The Morgan fingerprint density at radius 2 is 1.86 bits per heavy atom. The van der Waals surface area contributed by atoms with Crippen LogP contribution in [-0.2, 0) is 4.79 Å². The summed E-state index contributed by atoms with van der Waals surface area (Å²) in [6.45, 7) is 0. The van der Waals surface area contributed by atoms with Crippen LogP contribution in [0.3, 0.4) is 0 Å². The predicted octanol–water partition coefficient (Wildman–Crippen LogP) is 5.48. The maximum Gasteiger partial charge on any atom is 0.256 e. The molecular weight excluding hydrogens is 478 g/mol. The molecule has 0 aliphatic carbocycles. The maximum atomic E-state index is 12.3. The fraction of sp³-hybridized carbons (Fsp3) is 0.0625. The van der Waals surface area contributed by atoms with Crippen molar-refractivity contribution in [1.29, 1.82) is 0 Å². The summed E-state index contributed by atoms with van der Waals surface area (Å²) in [7, 11) is 1.62. The third kappa shape index (κ3) is 2.87. The molecule has 6 heteroatoms. The number of hydrogen-bond acceptors (Lipinski definition) is 2. The molecule has 0 atom stereocenters. The summed E-state index contributed by atoms with van der Waals surface area (Å²) in [4.78, 5) is 12.3. The Kier molecular flexibility index (Phi) is 4.43. The third-order valence-electron chi connectivity index (χ3n) is 3.33. The molecule has 0 fully saturated rings. The fourth-order valence-electron chi connectivity index (χ4n) is 2.27. The van der Waals surface area contributed by atoms with Crippen LogP contribution in [0, 0.1) is 0 Å². The summed E-state index contributed by atoms with van der Waals surface area (Å²) < 4.78 is 7.90. The van der Waals surface area contributed by atoms with Crippen molar-refractivity contribution in [3.8, 4) is 5.75 Å². The zero-order valence-electron chi connectivity index (χ0n) is 11.4. The molecule has 0 saturated heterocycles. The van der Waals surface area contributed by atoms with E-state index >= 15 is 0 Å². The number of methoxy groups -OCH3 is 1. The van der Waals surface area contributed by atoms with Gasteiger partial charge in [0.15, 0.2) is 0 Å². The molecule has 0 spiro atoms. The van der Waals surface area contributed by atoms with Crippen molar-refractivity contribution < 1.29 is 9.53 Å². The first kappa shape index (κ1) is 15.8. The van der Waals surface area contributed by atoms with Gasteiger partial charge in [-0.25, -0.2) is 0 Å². The number of benzene rings is 2. The van der Waals surface area contributed by atoms with E-state index in [0.717, 1.165) is 36.0 Å². The smallest absolute Gasteiger partial charge is 0.256 e. The van der Waals surface area contributed by atoms with Crippen LogP contribution >= 0.6 is 47.8 Å². The summed E-state index contributed by atoms with van der Waals surface area (Å²) in [6, 6.07) is 9.48. The minimum atomic E-state index is -0.122. The second-order valence-electron chi connectivity index (χ2n) is 4.71. The highest BCUT2D eigenvalue weighted by atomic mass is 79.9. The van der Waals surface area contributed by atoms with Gasteiger partial charge in [0.1, 0.15) is 5.75 Å². The van der Waals surface area contributed by atoms with Gasteiger partial charge >= 0.3 is 0 Å². The molecule has 0 unspecified atom stereocenters. The Labute approximate surface area is 153 Å². The zero-order valence-corrected chi connectivity index (χ0v) is 16.2. The van der Waals surface area contributed by atoms with Gasteiger partial charge in [0.05, 0.1) is 12.8 Å². The monoisotopic (exact) mass is 485 g/mol. The van der Waals surface area contributed by atoms with Crippen molar-refractivity contribution in [1.82, 2.24) is 0 Å². The number of rotatable bonds is 2. The van der Waals surface area contributed by atoms with Crippen molar-refractivity contribution in [2.45, 2.75) is 0 Å². The molecule has 3 nitrogen and oxygen atoms in total. The molecule has 112 valence electrons. The number of carbonyl (C=O) groups excluding carboxylic acids is 1. The van der Waals surface area contributed by atoms with Crippen molar-refractivity contribution in [3.63, 3.8) is 0 Å². The number of hydrogen-bond donors (Lipinski definition) is 1. The molecule has 1 aliphatic rings. The van der Waals surface area contributed by atoms with Gasteiger partial charge in [-0.2, -0.15) is 0 Å². The molecule has 0 bridgehead atoms. The van der Waals surface area contributed by atoms with E-state index in [2.05, 4.69) is 53.1 Å². The van der Waals surface area contributed by atoms with Crippen molar-refractivity contribution in [2.24, 2.45) is 0 Å². The van der Waals surface area contributed by atoms with Crippen molar-refractivity contribution >= 4 is 71.0 Å². The van der Waals surface area contributed by atoms with E-state index < -0.39 is 0 Å². The Morgan fingerprint density at radius 1 is 1.09 bits per heavy atom. The fourth-order valence-corrected chi connectivity index (χ4v) is 3.96. The first-order valence-electron chi connectivity index (χ1n) is 6.35. The SMILES string of the molecule is COc1ccc(Br)c(/C=C2/C(=O)Nc3c(Br)cc(Br)cc32)c1. The van der Waals surface area contributed by atoms with E-state index in [-0.39, 0.29) is 5.91 Å². The molecule has 0 aromatic heterocycles. The molecule has 0 saturated carbocycles. The van der Waals surface area contributed by atoms with Gasteiger partial charge in [-0.3, -0.25) is 4.79 Å². The quantitative estimate of drug-likeness (QED) is 0.570. The van der Waals surface area contributed by atoms with Gasteiger partial charge in [0.2, 0.25) is 0 Å². The number of nitrogens with one attached hydrogen (secondary N) is 1. The van der Waals surface area contributed by atoms with E-state index in [9.17, 15) is 4.79 Å². The van der Waals surface area contributed by atoms with Crippen LogP contribution in [0.4, 0.5) is 5.69 Å². The lowest BCUT2D eigenvalue weighted by atomic mass is 10.0. The highest BCUT2D eigenvalue weighted by Gasteiger charge is 2.26. The normalized spacial score (nSPS) is 14.9. The topological polar surface area (TPSA) is 38.3 Å². The lowest BCUT2D eigenvalue weighted by Crippen LogP contribution is -2.03. The van der Waals surface area contributed by atoms with Gasteiger partial charge in [0.25, 0.3) is 5.91 Å². The lowest BCUT2D eigenvalue weighted by Gasteiger charge is -2.05. The molecule has 3 rings (SSSR count). The van der Waals surface area contributed by atoms with E-state index in [0.29, 0.717) is 5.57 Å². The van der Waals surface area contributed by atoms with Crippen molar-refractivity contribution in [3.05, 3.63) is 54.9 Å². The summed E-state index contributed by atoms with van der Waals surface area (Å²) in [5.41, 5.74) is 3.15. The number of fused-ring (bicyclic) bond motifs is 1. The Balaban J connectivity index is 2.16. The van der Waals surface area contributed by atoms with E-state index in [1.54, 1.807) is 7.11 Å². The Hall–Kier alpha value is -1.11. The first-order valence-corrected chi connectivity index (χ1v) is 8.73. The van der Waals surface area contributed by atoms with Crippen LogP contribution in [0.2, 0.25) is 0 Å². The highest BCUT2D eigenvalue weighted by molar-refractivity contribution is 9.11. The van der Waals surface area contributed by atoms with Gasteiger partial charge in [-0.1, -0.05) is 31.9 Å². The van der Waals surface area contributed by atoms with Gasteiger partial charge in [-0.15, -0.1) is 0 Å². The van der Waals surface area contributed by atoms with Gasteiger partial charge in [0, 0.05) is 24.6 Å². The largest absolute Gasteiger partial charge is 0.497 e. The molecule has 1 heterocycles. The molecule has 22 heavy (non-hydrogen) atoms. The average molecular weight is 488 g/mol. The molecular formula is C16H10Br3NO2. The van der Waals surface area contributed by atoms with Crippen LogP contribution in [0.25, 0.3) is 11.6 Å². The average Bonchev–Trinajstić information content (AvgIpc) is 2.78. The second kappa shape index (κ2) is 6.18. The molecule has 1 amide bonds. The first-order chi connectivity index (χ1) is 10.5. The highest BCUT2D eigenvalue weighted by Crippen LogP contribution is 2.41. The maximum absolute atomic E-state index is 12.3. The number of anilines is 1. The summed E-state index contributed by atoms with van der Waals surface area (Å²) in [5.74, 6) is 0.618. The number of carbonyl (C=O) groups is 1. The molecule has 0 radical (unpaired) electrons. The Bertz CT molecular complexity index is 815. The lowest BCUT2D eigenvalue weighted by molar-refractivity contribution is -0.110. The third-order valence-corrected chi connectivity index (χ3v) is 5.14. The van der Waals surface area contributed by atoms with Gasteiger partial charge in [-0.05, 0) is 57.9 Å². The van der Waals surface area contributed by atoms with Crippen LogP contribution in [0.1, 0.15) is 11.1 Å². The van der Waals surface area contributed by atoms with Crippen LogP contribution in [0.15, 0.2) is 43.7 Å². The summed E-state index contributed by atoms with van der Waals surface area (Å²) in [5, 5.41) is 2.89. The Morgan fingerprint density at radius 3 is 2.59 bits per heavy atom. The predicted molar refractivity (Wildman–Crippen MR) is 99.0 cm³/mol. The molecule has 1 N–H and O–H groups in total. The van der Waals surface area contributed by atoms with Crippen LogP contribution in [0.5, 0.6) is 5.75 Å². The minimum Gasteiger partial charge on any atom is -0.497 e. The van der Waals surface area contributed by atoms with Crippen molar-refractivity contribution in [2.75, 3.05) is 12.4 Å². The van der Waals surface area contributed by atoms with Gasteiger partial charge < -0.3 is 10.1 Å². The van der Waals surface area contributed by atoms with Crippen LogP contribution < -0.4 is 10.1 Å². The number of amides is 1.